The van der Waals surface area contributed by atoms with E-state index in [0.717, 1.165) is 21.9 Å². The van der Waals surface area contributed by atoms with Crippen molar-refractivity contribution in [3.05, 3.63) is 83.9 Å². The van der Waals surface area contributed by atoms with Crippen LogP contribution in [0.2, 0.25) is 0 Å². The SMILES string of the molecule is CC(C)CC1(c2ccccc2)NC(=N)N(CCCC(C)NC(=O)C(Cc2ccc3ccccc3c2)NC(=O)O)C1=O. The van der Waals surface area contributed by atoms with Gasteiger partial charge in [0.15, 0.2) is 5.96 Å². The maximum Gasteiger partial charge on any atom is 0.405 e. The Morgan fingerprint density at radius 1 is 0.976 bits per heavy atom. The van der Waals surface area contributed by atoms with Gasteiger partial charge in [-0.25, -0.2) is 4.79 Å². The Morgan fingerprint density at radius 2 is 1.66 bits per heavy atom. The topological polar surface area (TPSA) is 135 Å². The van der Waals surface area contributed by atoms with Gasteiger partial charge in [0.05, 0.1) is 0 Å². The summed E-state index contributed by atoms with van der Waals surface area (Å²) in [6.45, 7) is 6.31. The van der Waals surface area contributed by atoms with Gasteiger partial charge in [0.2, 0.25) is 5.91 Å². The van der Waals surface area contributed by atoms with Gasteiger partial charge in [-0.1, -0.05) is 86.6 Å². The van der Waals surface area contributed by atoms with Gasteiger partial charge in [-0.2, -0.15) is 0 Å². The maximum atomic E-state index is 13.7. The molecular formula is C32H39N5O4. The molecule has 3 aromatic carbocycles. The summed E-state index contributed by atoms with van der Waals surface area (Å²) in [6.07, 6.45) is 0.640. The minimum atomic E-state index is -1.26. The number of nitrogens with zero attached hydrogens (tertiary/aromatic N) is 1. The highest BCUT2D eigenvalue weighted by atomic mass is 16.4. The summed E-state index contributed by atoms with van der Waals surface area (Å²) in [4.78, 5) is 39.7. The second kappa shape index (κ2) is 12.8. The van der Waals surface area contributed by atoms with Gasteiger partial charge in [0.1, 0.15) is 11.6 Å². The summed E-state index contributed by atoms with van der Waals surface area (Å²) in [5.41, 5.74) is 0.729. The molecule has 0 aliphatic carbocycles. The van der Waals surface area contributed by atoms with Crippen LogP contribution in [-0.4, -0.2) is 52.5 Å². The molecule has 3 aromatic rings. The molecule has 3 unspecified atom stereocenters. The molecule has 0 spiro atoms. The molecule has 0 saturated carbocycles. The fraction of sp³-hybridized carbons (Fsp3) is 0.375. The number of guanidine groups is 1. The van der Waals surface area contributed by atoms with E-state index in [9.17, 15) is 19.5 Å². The molecule has 9 nitrogen and oxygen atoms in total. The van der Waals surface area contributed by atoms with Crippen molar-refractivity contribution < 1.29 is 19.5 Å². The third-order valence-corrected chi connectivity index (χ3v) is 7.47. The van der Waals surface area contributed by atoms with Gasteiger partial charge < -0.3 is 21.1 Å². The van der Waals surface area contributed by atoms with Gasteiger partial charge in [0, 0.05) is 19.0 Å². The van der Waals surface area contributed by atoms with Crippen molar-refractivity contribution in [2.75, 3.05) is 6.54 Å². The third-order valence-electron chi connectivity index (χ3n) is 7.47. The molecule has 1 aliphatic heterocycles. The van der Waals surface area contributed by atoms with E-state index in [2.05, 4.69) is 29.8 Å². The molecule has 0 radical (unpaired) electrons. The van der Waals surface area contributed by atoms with E-state index < -0.39 is 23.6 Å². The predicted molar refractivity (Wildman–Crippen MR) is 160 cm³/mol. The number of hydrogen-bond donors (Lipinski definition) is 5. The van der Waals surface area contributed by atoms with Crippen LogP contribution in [0.25, 0.3) is 10.8 Å². The van der Waals surface area contributed by atoms with Crippen LogP contribution in [0.15, 0.2) is 72.8 Å². The Labute approximate surface area is 240 Å². The third kappa shape index (κ3) is 7.03. The lowest BCUT2D eigenvalue weighted by molar-refractivity contribution is -0.132. The Balaban J connectivity index is 1.35. The monoisotopic (exact) mass is 557 g/mol. The highest BCUT2D eigenvalue weighted by molar-refractivity contribution is 6.08. The summed E-state index contributed by atoms with van der Waals surface area (Å²) in [7, 11) is 0. The van der Waals surface area contributed by atoms with E-state index in [1.165, 1.54) is 4.90 Å². The smallest absolute Gasteiger partial charge is 0.405 e. The second-order valence-corrected chi connectivity index (χ2v) is 11.2. The quantitative estimate of drug-likeness (QED) is 0.222. The molecule has 0 bridgehead atoms. The first-order valence-electron chi connectivity index (χ1n) is 14.1. The first kappa shape index (κ1) is 29.6. The second-order valence-electron chi connectivity index (χ2n) is 11.2. The fourth-order valence-corrected chi connectivity index (χ4v) is 5.59. The minimum absolute atomic E-state index is 0.0808. The Kier molecular flexibility index (Phi) is 9.27. The summed E-state index contributed by atoms with van der Waals surface area (Å²) in [5.74, 6) is -0.228. The number of carbonyl (C=O) groups excluding carboxylic acids is 2. The average Bonchev–Trinajstić information content (AvgIpc) is 3.17. The Hall–Kier alpha value is -4.40. The minimum Gasteiger partial charge on any atom is -0.465 e. The van der Waals surface area contributed by atoms with Crippen molar-refractivity contribution in [2.45, 2.75) is 64.1 Å². The number of amides is 3. The lowest BCUT2D eigenvalue weighted by atomic mass is 9.82. The number of fused-ring (bicyclic) bond motifs is 1. The van der Waals surface area contributed by atoms with Crippen molar-refractivity contribution >= 4 is 34.6 Å². The summed E-state index contributed by atoms with van der Waals surface area (Å²) >= 11 is 0. The van der Waals surface area contributed by atoms with Crippen LogP contribution in [0.4, 0.5) is 4.79 Å². The fourth-order valence-electron chi connectivity index (χ4n) is 5.59. The van der Waals surface area contributed by atoms with Gasteiger partial charge in [-0.15, -0.1) is 0 Å². The van der Waals surface area contributed by atoms with Crippen LogP contribution in [0.5, 0.6) is 0 Å². The van der Waals surface area contributed by atoms with E-state index in [4.69, 9.17) is 5.41 Å². The standard InChI is InChI=1S/C32H39N5O4/c1-21(2)20-32(26-13-5-4-6-14-26)29(39)37(30(33)36-32)17-9-10-22(3)34-28(38)27(35-31(40)41)19-23-15-16-24-11-7-8-12-25(24)18-23/h4-8,11-16,18,21-22,27,35H,9-10,17,19-20H2,1-3H3,(H2,33,36)(H,34,38)(H,40,41). The van der Waals surface area contributed by atoms with E-state index in [1.54, 1.807) is 0 Å². The highest BCUT2D eigenvalue weighted by Crippen LogP contribution is 2.35. The number of rotatable bonds is 12. The first-order valence-corrected chi connectivity index (χ1v) is 14.1. The average molecular weight is 558 g/mol. The molecule has 41 heavy (non-hydrogen) atoms. The summed E-state index contributed by atoms with van der Waals surface area (Å²) in [6, 6.07) is 22.0. The molecule has 4 rings (SSSR count). The van der Waals surface area contributed by atoms with Gasteiger partial charge in [-0.3, -0.25) is 19.9 Å². The molecule has 3 amide bonds. The lowest BCUT2D eigenvalue weighted by Crippen LogP contribution is -2.50. The normalized spacial score (nSPS) is 18.3. The van der Waals surface area contributed by atoms with Gasteiger partial charge >= 0.3 is 6.09 Å². The van der Waals surface area contributed by atoms with E-state index in [0.29, 0.717) is 25.8 Å². The largest absolute Gasteiger partial charge is 0.465 e. The zero-order valence-electron chi connectivity index (χ0n) is 23.8. The molecule has 1 saturated heterocycles. The van der Waals surface area contributed by atoms with E-state index in [-0.39, 0.29) is 30.2 Å². The molecule has 1 fully saturated rings. The summed E-state index contributed by atoms with van der Waals surface area (Å²) < 4.78 is 0. The van der Waals surface area contributed by atoms with Crippen LogP contribution < -0.4 is 16.0 Å². The molecule has 3 atom stereocenters. The zero-order valence-corrected chi connectivity index (χ0v) is 23.8. The van der Waals surface area contributed by atoms with Crippen molar-refractivity contribution in [3.8, 4) is 0 Å². The highest BCUT2D eigenvalue weighted by Gasteiger charge is 2.50. The number of carbonyl (C=O) groups is 3. The predicted octanol–water partition coefficient (Wildman–Crippen LogP) is 4.61. The van der Waals surface area contributed by atoms with Crippen LogP contribution in [0.1, 0.15) is 51.2 Å². The maximum absolute atomic E-state index is 13.7. The molecule has 9 heteroatoms. The molecule has 1 aliphatic rings. The van der Waals surface area contributed by atoms with Gasteiger partial charge in [0.25, 0.3) is 5.91 Å². The molecule has 1 heterocycles. The van der Waals surface area contributed by atoms with Crippen LogP contribution in [-0.2, 0) is 21.5 Å². The molecule has 5 N–H and O–H groups in total. The van der Waals surface area contributed by atoms with Crippen LogP contribution in [0, 0.1) is 11.3 Å². The van der Waals surface area contributed by atoms with Crippen molar-refractivity contribution in [1.29, 1.82) is 5.41 Å². The zero-order chi connectivity index (χ0) is 29.6. The number of hydrogen-bond acceptors (Lipinski definition) is 4. The summed E-state index contributed by atoms with van der Waals surface area (Å²) in [5, 5.41) is 28.4. The van der Waals surface area contributed by atoms with Crippen molar-refractivity contribution in [1.82, 2.24) is 20.9 Å². The van der Waals surface area contributed by atoms with Gasteiger partial charge in [-0.05, 0) is 54.0 Å². The molecular weight excluding hydrogens is 518 g/mol. The number of carboxylic acid groups (broad SMARTS) is 1. The number of nitrogens with one attached hydrogen (secondary N) is 4. The van der Waals surface area contributed by atoms with E-state index in [1.807, 2.05) is 79.7 Å². The Morgan fingerprint density at radius 3 is 2.34 bits per heavy atom. The van der Waals surface area contributed by atoms with Crippen LogP contribution in [0.3, 0.4) is 0 Å². The lowest BCUT2D eigenvalue weighted by Gasteiger charge is -2.29. The number of benzene rings is 3. The van der Waals surface area contributed by atoms with Crippen LogP contribution >= 0.6 is 0 Å². The first-order chi connectivity index (χ1) is 19.6. The molecule has 0 aromatic heterocycles. The van der Waals surface area contributed by atoms with E-state index >= 15 is 0 Å². The van der Waals surface area contributed by atoms with Crippen molar-refractivity contribution in [2.24, 2.45) is 5.92 Å². The molecule has 216 valence electrons. The van der Waals surface area contributed by atoms with Crippen molar-refractivity contribution in [3.63, 3.8) is 0 Å². The Bertz CT molecular complexity index is 1410.